The standard InChI is InChI=1S/C19H14O6/c1-11(20)14-5-3-4-6-17(14)25-19(22)15-10-12-9-13(23-2)7-8-16(12)24-18(15)21/h3-10H,1-2H3. The molecule has 0 atom stereocenters. The van der Waals surface area contributed by atoms with Crippen LogP contribution in [0.1, 0.15) is 27.6 Å². The van der Waals surface area contributed by atoms with Gasteiger partial charge in [-0.25, -0.2) is 9.59 Å². The molecule has 6 heteroatoms. The predicted molar refractivity (Wildman–Crippen MR) is 90.4 cm³/mol. The third kappa shape index (κ3) is 3.28. The maximum Gasteiger partial charge on any atom is 0.351 e. The van der Waals surface area contributed by atoms with Gasteiger partial charge in [0.2, 0.25) is 0 Å². The molecule has 0 aliphatic carbocycles. The number of esters is 1. The molecule has 0 unspecified atom stereocenters. The topological polar surface area (TPSA) is 82.8 Å². The van der Waals surface area contributed by atoms with E-state index >= 15 is 0 Å². The molecule has 2 aromatic carbocycles. The number of fused-ring (bicyclic) bond motifs is 1. The first kappa shape index (κ1) is 16.4. The summed E-state index contributed by atoms with van der Waals surface area (Å²) < 4.78 is 15.5. The summed E-state index contributed by atoms with van der Waals surface area (Å²) in [5, 5.41) is 0.519. The van der Waals surface area contributed by atoms with Crippen molar-refractivity contribution in [3.63, 3.8) is 0 Å². The van der Waals surface area contributed by atoms with Crippen LogP contribution in [0.3, 0.4) is 0 Å². The Kier molecular flexibility index (Phi) is 4.35. The van der Waals surface area contributed by atoms with Crippen LogP contribution in [0.4, 0.5) is 0 Å². The number of carbonyl (C=O) groups excluding carboxylic acids is 2. The maximum atomic E-state index is 12.4. The first-order chi connectivity index (χ1) is 12.0. The highest BCUT2D eigenvalue weighted by atomic mass is 16.5. The maximum absolute atomic E-state index is 12.4. The lowest BCUT2D eigenvalue weighted by molar-refractivity contribution is 0.0728. The molecule has 3 aromatic rings. The minimum absolute atomic E-state index is 0.0881. The second kappa shape index (κ2) is 6.60. The third-order valence-corrected chi connectivity index (χ3v) is 3.63. The van der Waals surface area contributed by atoms with Crippen LogP contribution in [0, 0.1) is 0 Å². The average molecular weight is 338 g/mol. The van der Waals surface area contributed by atoms with Crippen molar-refractivity contribution in [2.75, 3.05) is 7.11 Å². The van der Waals surface area contributed by atoms with Gasteiger partial charge in [-0.3, -0.25) is 4.79 Å². The number of Topliss-reactive ketones (excluding diaryl/α,β-unsaturated/α-hetero) is 1. The van der Waals surface area contributed by atoms with Crippen molar-refractivity contribution >= 4 is 22.7 Å². The van der Waals surface area contributed by atoms with Gasteiger partial charge in [-0.05, 0) is 43.3 Å². The first-order valence-corrected chi connectivity index (χ1v) is 7.43. The van der Waals surface area contributed by atoms with Gasteiger partial charge in [-0.2, -0.15) is 0 Å². The number of carbonyl (C=O) groups is 2. The number of rotatable bonds is 4. The highest BCUT2D eigenvalue weighted by molar-refractivity contribution is 5.99. The largest absolute Gasteiger partial charge is 0.497 e. The molecular weight excluding hydrogens is 324 g/mol. The van der Waals surface area contributed by atoms with Crippen molar-refractivity contribution in [3.8, 4) is 11.5 Å². The molecule has 3 rings (SSSR count). The fourth-order valence-electron chi connectivity index (χ4n) is 2.37. The van der Waals surface area contributed by atoms with Crippen molar-refractivity contribution in [2.24, 2.45) is 0 Å². The predicted octanol–water partition coefficient (Wildman–Crippen LogP) is 3.22. The number of methoxy groups -OCH3 is 1. The molecule has 0 aliphatic heterocycles. The Labute approximate surface area is 142 Å². The summed E-state index contributed by atoms with van der Waals surface area (Å²) in [6, 6.07) is 12.6. The molecule has 0 fully saturated rings. The van der Waals surface area contributed by atoms with Crippen molar-refractivity contribution in [1.29, 1.82) is 0 Å². The number of ketones is 1. The van der Waals surface area contributed by atoms with E-state index in [2.05, 4.69) is 0 Å². The minimum atomic E-state index is -0.896. The number of hydrogen-bond acceptors (Lipinski definition) is 6. The molecule has 0 bridgehead atoms. The van der Waals surface area contributed by atoms with Gasteiger partial charge in [0.25, 0.3) is 0 Å². The fourth-order valence-corrected chi connectivity index (χ4v) is 2.37. The van der Waals surface area contributed by atoms with Gasteiger partial charge < -0.3 is 13.9 Å². The molecule has 0 spiro atoms. The summed E-state index contributed by atoms with van der Waals surface area (Å²) in [5.74, 6) is -0.501. The smallest absolute Gasteiger partial charge is 0.351 e. The zero-order valence-corrected chi connectivity index (χ0v) is 13.6. The van der Waals surface area contributed by atoms with E-state index in [4.69, 9.17) is 13.9 Å². The SMILES string of the molecule is COc1ccc2oc(=O)c(C(=O)Oc3ccccc3C(C)=O)cc2c1. The highest BCUT2D eigenvalue weighted by Gasteiger charge is 2.18. The van der Waals surface area contributed by atoms with Gasteiger partial charge in [0, 0.05) is 5.39 Å². The Morgan fingerprint density at radius 3 is 2.48 bits per heavy atom. The fraction of sp³-hybridized carbons (Fsp3) is 0.105. The molecule has 25 heavy (non-hydrogen) atoms. The molecule has 0 N–H and O–H groups in total. The summed E-state index contributed by atoms with van der Waals surface area (Å²) in [6.45, 7) is 1.36. The summed E-state index contributed by atoms with van der Waals surface area (Å²) in [6.07, 6.45) is 0. The van der Waals surface area contributed by atoms with Crippen LogP contribution in [0.15, 0.2) is 57.7 Å². The second-order valence-corrected chi connectivity index (χ2v) is 5.29. The van der Waals surface area contributed by atoms with Crippen LogP contribution in [0.25, 0.3) is 11.0 Å². The number of ether oxygens (including phenoxy) is 2. The lowest BCUT2D eigenvalue weighted by atomic mass is 10.1. The zero-order chi connectivity index (χ0) is 18.0. The molecule has 6 nitrogen and oxygen atoms in total. The van der Waals surface area contributed by atoms with Gasteiger partial charge >= 0.3 is 11.6 Å². The van der Waals surface area contributed by atoms with Crippen LogP contribution in [0.5, 0.6) is 11.5 Å². The van der Waals surface area contributed by atoms with Crippen LogP contribution < -0.4 is 15.1 Å². The van der Waals surface area contributed by atoms with Crippen molar-refractivity contribution in [3.05, 3.63) is 70.1 Å². The summed E-state index contributed by atoms with van der Waals surface area (Å²) in [7, 11) is 1.51. The van der Waals surface area contributed by atoms with Gasteiger partial charge in [-0.15, -0.1) is 0 Å². The van der Waals surface area contributed by atoms with Crippen LogP contribution in [-0.2, 0) is 0 Å². The summed E-state index contributed by atoms with van der Waals surface area (Å²) in [4.78, 5) is 36.1. The van der Waals surface area contributed by atoms with Gasteiger partial charge in [0.1, 0.15) is 22.6 Å². The molecular formula is C19H14O6. The van der Waals surface area contributed by atoms with Crippen molar-refractivity contribution in [1.82, 2.24) is 0 Å². The lowest BCUT2D eigenvalue weighted by Crippen LogP contribution is -2.19. The molecule has 0 saturated carbocycles. The Bertz CT molecular complexity index is 1030. The molecule has 126 valence electrons. The number of hydrogen-bond donors (Lipinski definition) is 0. The van der Waals surface area contributed by atoms with E-state index in [0.717, 1.165) is 0 Å². The summed E-state index contributed by atoms with van der Waals surface area (Å²) in [5.41, 5.74) is -0.503. The van der Waals surface area contributed by atoms with E-state index < -0.39 is 11.6 Å². The highest BCUT2D eigenvalue weighted by Crippen LogP contribution is 2.22. The monoisotopic (exact) mass is 338 g/mol. The summed E-state index contributed by atoms with van der Waals surface area (Å²) >= 11 is 0. The van der Waals surface area contributed by atoms with Gasteiger partial charge in [0.15, 0.2) is 5.78 Å². The van der Waals surface area contributed by atoms with Crippen LogP contribution in [0.2, 0.25) is 0 Å². The first-order valence-electron chi connectivity index (χ1n) is 7.43. The molecule has 0 saturated heterocycles. The Hall–Kier alpha value is -3.41. The Balaban J connectivity index is 2.01. The van der Waals surface area contributed by atoms with E-state index in [1.165, 1.54) is 26.2 Å². The quantitative estimate of drug-likeness (QED) is 0.314. The number of para-hydroxylation sites is 1. The normalized spacial score (nSPS) is 10.5. The molecule has 0 aliphatic rings. The zero-order valence-electron chi connectivity index (χ0n) is 13.6. The van der Waals surface area contributed by atoms with E-state index in [-0.39, 0.29) is 22.7 Å². The van der Waals surface area contributed by atoms with Crippen LogP contribution >= 0.6 is 0 Å². The van der Waals surface area contributed by atoms with Gasteiger partial charge in [-0.1, -0.05) is 12.1 Å². The number of benzene rings is 2. The second-order valence-electron chi connectivity index (χ2n) is 5.29. The van der Waals surface area contributed by atoms with E-state index in [9.17, 15) is 14.4 Å². The van der Waals surface area contributed by atoms with Crippen molar-refractivity contribution < 1.29 is 23.5 Å². The van der Waals surface area contributed by atoms with E-state index in [0.29, 0.717) is 16.7 Å². The molecule has 0 amide bonds. The van der Waals surface area contributed by atoms with Crippen LogP contribution in [-0.4, -0.2) is 18.9 Å². The lowest BCUT2D eigenvalue weighted by Gasteiger charge is -2.08. The minimum Gasteiger partial charge on any atom is -0.497 e. The third-order valence-electron chi connectivity index (χ3n) is 3.63. The Morgan fingerprint density at radius 1 is 1.00 bits per heavy atom. The molecule has 1 aromatic heterocycles. The van der Waals surface area contributed by atoms with Gasteiger partial charge in [0.05, 0.1) is 12.7 Å². The average Bonchev–Trinajstić information content (AvgIpc) is 2.61. The van der Waals surface area contributed by atoms with E-state index in [1.807, 2.05) is 0 Å². The van der Waals surface area contributed by atoms with Crippen molar-refractivity contribution in [2.45, 2.75) is 6.92 Å². The Morgan fingerprint density at radius 2 is 1.76 bits per heavy atom. The van der Waals surface area contributed by atoms with E-state index in [1.54, 1.807) is 36.4 Å². The molecule has 1 heterocycles. The molecule has 0 radical (unpaired) electrons.